The lowest BCUT2D eigenvalue weighted by Crippen LogP contribution is -2.33. The summed E-state index contributed by atoms with van der Waals surface area (Å²) >= 11 is 11.7. The number of nitrogens with one attached hydrogen (secondary N) is 2. The Morgan fingerprint density at radius 3 is 2.38 bits per heavy atom. The van der Waals surface area contributed by atoms with Crippen LogP contribution >= 0.6 is 23.2 Å². The topological polar surface area (TPSA) is 58.2 Å². The van der Waals surface area contributed by atoms with E-state index in [0.717, 1.165) is 12.1 Å². The number of amides is 2. The molecule has 2 aromatic carbocycles. The van der Waals surface area contributed by atoms with Crippen LogP contribution in [0.3, 0.4) is 0 Å². The van der Waals surface area contributed by atoms with Crippen molar-refractivity contribution in [1.29, 1.82) is 0 Å². The quantitative estimate of drug-likeness (QED) is 0.842. The predicted molar refractivity (Wildman–Crippen MR) is 88.2 cm³/mol. The van der Waals surface area contributed by atoms with Crippen LogP contribution in [-0.2, 0) is 16.0 Å². The van der Waals surface area contributed by atoms with Gasteiger partial charge in [-0.25, -0.2) is 8.78 Å². The summed E-state index contributed by atoms with van der Waals surface area (Å²) in [6, 6.07) is 7.69. The number of hydrogen-bond donors (Lipinski definition) is 2. The van der Waals surface area contributed by atoms with Gasteiger partial charge in [-0.05, 0) is 29.8 Å². The second kappa shape index (κ2) is 8.08. The summed E-state index contributed by atoms with van der Waals surface area (Å²) in [5.41, 5.74) is 0.661. The molecule has 2 rings (SSSR count). The molecule has 126 valence electrons. The van der Waals surface area contributed by atoms with E-state index in [1.54, 1.807) is 12.1 Å². The molecule has 0 bridgehead atoms. The Hall–Kier alpha value is -2.18. The minimum Gasteiger partial charge on any atom is -0.347 e. The summed E-state index contributed by atoms with van der Waals surface area (Å²) in [6.07, 6.45) is -0.0194. The highest BCUT2D eigenvalue weighted by Gasteiger charge is 2.10. The molecule has 0 spiro atoms. The minimum absolute atomic E-state index is 0.0194. The SMILES string of the molecule is O=C(Cc1ccc(Cl)cc1Cl)NCC(=O)Nc1ccc(F)c(F)c1. The molecule has 24 heavy (non-hydrogen) atoms. The zero-order chi connectivity index (χ0) is 17.7. The van der Waals surface area contributed by atoms with E-state index in [-0.39, 0.29) is 18.7 Å². The summed E-state index contributed by atoms with van der Waals surface area (Å²) in [4.78, 5) is 23.5. The van der Waals surface area contributed by atoms with Gasteiger partial charge < -0.3 is 10.6 Å². The molecule has 2 aromatic rings. The van der Waals surface area contributed by atoms with Crippen LogP contribution in [0.4, 0.5) is 14.5 Å². The summed E-state index contributed by atoms with van der Waals surface area (Å²) in [6.45, 7) is -0.316. The number of halogens is 4. The van der Waals surface area contributed by atoms with Gasteiger partial charge in [0.2, 0.25) is 11.8 Å². The van der Waals surface area contributed by atoms with Crippen LogP contribution < -0.4 is 10.6 Å². The first-order valence-electron chi connectivity index (χ1n) is 6.80. The van der Waals surface area contributed by atoms with E-state index >= 15 is 0 Å². The van der Waals surface area contributed by atoms with Crippen molar-refractivity contribution in [3.63, 3.8) is 0 Å². The molecule has 0 unspecified atom stereocenters. The monoisotopic (exact) mass is 372 g/mol. The molecular weight excluding hydrogens is 361 g/mol. The molecule has 0 saturated carbocycles. The highest BCUT2D eigenvalue weighted by Crippen LogP contribution is 2.21. The Kier molecular flexibility index (Phi) is 6.11. The van der Waals surface area contributed by atoms with Crippen molar-refractivity contribution in [3.05, 3.63) is 63.6 Å². The molecule has 2 amide bonds. The third kappa shape index (κ3) is 5.18. The number of carbonyl (C=O) groups is 2. The summed E-state index contributed by atoms with van der Waals surface area (Å²) in [5, 5.41) is 5.56. The molecule has 0 atom stereocenters. The zero-order valence-electron chi connectivity index (χ0n) is 12.2. The van der Waals surface area contributed by atoms with Crippen LogP contribution in [0, 0.1) is 11.6 Å². The standard InChI is InChI=1S/C16H12Cl2F2N2O2/c17-10-2-1-9(12(18)6-10)5-15(23)21-8-16(24)22-11-3-4-13(19)14(20)7-11/h1-4,6-7H,5,8H2,(H,21,23)(H,22,24). The molecule has 0 saturated heterocycles. The first kappa shape index (κ1) is 18.2. The van der Waals surface area contributed by atoms with E-state index in [1.165, 1.54) is 12.1 Å². The number of hydrogen-bond acceptors (Lipinski definition) is 2. The van der Waals surface area contributed by atoms with Gasteiger partial charge in [0.05, 0.1) is 13.0 Å². The molecule has 0 aliphatic carbocycles. The lowest BCUT2D eigenvalue weighted by atomic mass is 10.1. The van der Waals surface area contributed by atoms with Crippen molar-refractivity contribution in [2.45, 2.75) is 6.42 Å². The number of rotatable bonds is 5. The smallest absolute Gasteiger partial charge is 0.243 e. The summed E-state index contributed by atoms with van der Waals surface area (Å²) in [7, 11) is 0. The van der Waals surface area contributed by atoms with Crippen LogP contribution in [0.5, 0.6) is 0 Å². The molecule has 0 heterocycles. The van der Waals surface area contributed by atoms with Gasteiger partial charge >= 0.3 is 0 Å². The molecule has 0 aliphatic heterocycles. The highest BCUT2D eigenvalue weighted by molar-refractivity contribution is 6.35. The van der Waals surface area contributed by atoms with E-state index in [4.69, 9.17) is 23.2 Å². The second-order valence-corrected chi connectivity index (χ2v) is 5.71. The van der Waals surface area contributed by atoms with Gasteiger partial charge in [-0.2, -0.15) is 0 Å². The van der Waals surface area contributed by atoms with E-state index in [1.807, 2.05) is 0 Å². The lowest BCUT2D eigenvalue weighted by Gasteiger charge is -2.08. The van der Waals surface area contributed by atoms with E-state index in [9.17, 15) is 18.4 Å². The first-order valence-corrected chi connectivity index (χ1v) is 7.56. The number of benzene rings is 2. The number of anilines is 1. The highest BCUT2D eigenvalue weighted by atomic mass is 35.5. The normalized spacial score (nSPS) is 10.3. The van der Waals surface area contributed by atoms with Gasteiger partial charge in [-0.3, -0.25) is 9.59 Å². The van der Waals surface area contributed by atoms with Gasteiger partial charge in [0.15, 0.2) is 11.6 Å². The molecule has 2 N–H and O–H groups in total. The molecule has 0 fully saturated rings. The van der Waals surface area contributed by atoms with Crippen molar-refractivity contribution in [2.24, 2.45) is 0 Å². The fraction of sp³-hybridized carbons (Fsp3) is 0.125. The average Bonchev–Trinajstić information content (AvgIpc) is 2.52. The fourth-order valence-corrected chi connectivity index (χ4v) is 2.33. The van der Waals surface area contributed by atoms with Crippen LogP contribution in [0.25, 0.3) is 0 Å². The maximum atomic E-state index is 13.0. The Labute approximate surface area is 146 Å². The largest absolute Gasteiger partial charge is 0.347 e. The molecule has 0 radical (unpaired) electrons. The first-order chi connectivity index (χ1) is 11.3. The Morgan fingerprint density at radius 1 is 0.958 bits per heavy atom. The third-order valence-corrected chi connectivity index (χ3v) is 3.60. The van der Waals surface area contributed by atoms with Gasteiger partial charge in [0.25, 0.3) is 0 Å². The molecule has 8 heteroatoms. The predicted octanol–water partition coefficient (Wildman–Crippen LogP) is 3.57. The lowest BCUT2D eigenvalue weighted by molar-refractivity contribution is -0.123. The maximum absolute atomic E-state index is 13.0. The van der Waals surface area contributed by atoms with Crippen LogP contribution in [0.2, 0.25) is 10.0 Å². The molecule has 4 nitrogen and oxygen atoms in total. The second-order valence-electron chi connectivity index (χ2n) is 4.87. The third-order valence-electron chi connectivity index (χ3n) is 3.02. The Bertz CT molecular complexity index is 785. The Morgan fingerprint density at radius 2 is 1.71 bits per heavy atom. The van der Waals surface area contributed by atoms with Gasteiger partial charge in [-0.1, -0.05) is 29.3 Å². The zero-order valence-corrected chi connectivity index (χ0v) is 13.7. The van der Waals surface area contributed by atoms with Gasteiger partial charge in [0.1, 0.15) is 0 Å². The van der Waals surface area contributed by atoms with E-state index in [0.29, 0.717) is 15.6 Å². The van der Waals surface area contributed by atoms with Crippen LogP contribution in [0.1, 0.15) is 5.56 Å². The van der Waals surface area contributed by atoms with Gasteiger partial charge in [-0.15, -0.1) is 0 Å². The Balaban J connectivity index is 1.84. The van der Waals surface area contributed by atoms with Crippen LogP contribution in [0.15, 0.2) is 36.4 Å². The maximum Gasteiger partial charge on any atom is 0.243 e. The molecular formula is C16H12Cl2F2N2O2. The van der Waals surface area contributed by atoms with Gasteiger partial charge in [0, 0.05) is 21.8 Å². The average molecular weight is 373 g/mol. The van der Waals surface area contributed by atoms with Crippen molar-refractivity contribution < 1.29 is 18.4 Å². The molecule has 0 aromatic heterocycles. The fourth-order valence-electron chi connectivity index (χ4n) is 1.86. The van der Waals surface area contributed by atoms with E-state index < -0.39 is 23.4 Å². The molecule has 0 aliphatic rings. The van der Waals surface area contributed by atoms with E-state index in [2.05, 4.69) is 10.6 Å². The van der Waals surface area contributed by atoms with Crippen molar-refractivity contribution in [3.8, 4) is 0 Å². The number of carbonyl (C=O) groups excluding carboxylic acids is 2. The van der Waals surface area contributed by atoms with Crippen LogP contribution in [-0.4, -0.2) is 18.4 Å². The summed E-state index contributed by atoms with van der Waals surface area (Å²) in [5.74, 6) is -3.08. The summed E-state index contributed by atoms with van der Waals surface area (Å²) < 4.78 is 25.8. The van der Waals surface area contributed by atoms with Crippen molar-refractivity contribution in [2.75, 3.05) is 11.9 Å². The minimum atomic E-state index is -1.07. The van der Waals surface area contributed by atoms with Crippen molar-refractivity contribution >= 4 is 40.7 Å². The van der Waals surface area contributed by atoms with Crippen molar-refractivity contribution in [1.82, 2.24) is 5.32 Å².